The van der Waals surface area contributed by atoms with Crippen LogP contribution in [0, 0.1) is 6.07 Å². The van der Waals surface area contributed by atoms with Crippen LogP contribution in [-0.4, -0.2) is 33.0 Å². The fraction of sp³-hybridized carbons (Fsp3) is 0.455. The molecule has 2 rings (SSSR count). The van der Waals surface area contributed by atoms with E-state index < -0.39 is 9.84 Å². The molecule has 1 atom stereocenters. The van der Waals surface area contributed by atoms with Gasteiger partial charge < -0.3 is 4.90 Å². The van der Waals surface area contributed by atoms with E-state index in [4.69, 9.17) is 0 Å². The second-order valence-corrected chi connectivity index (χ2v) is 6.27. The molecule has 1 aliphatic rings. The number of hydrogen-bond acceptors (Lipinski definition) is 3. The number of nitrogens with zero attached hydrogens (tertiary/aromatic N) is 1. The largest absolute Gasteiger partial charge is 0.370 e. The maximum Gasteiger partial charge on any atom is 0.152 e. The van der Waals surface area contributed by atoms with Gasteiger partial charge in [-0.25, -0.2) is 8.42 Å². The molecule has 1 saturated heterocycles. The lowest BCUT2D eigenvalue weighted by molar-refractivity contribution is 0.589. The standard InChI is InChI=1S/C11H14NO2S/c1-15(13,14)11-7-8-12(9-11)10-5-3-2-4-6-10/h3-6,11H,7-9H2,1H3. The Morgan fingerprint density at radius 1 is 1.40 bits per heavy atom. The highest BCUT2D eigenvalue weighted by atomic mass is 32.2. The van der Waals surface area contributed by atoms with E-state index in [1.54, 1.807) is 0 Å². The van der Waals surface area contributed by atoms with Crippen LogP contribution in [0.3, 0.4) is 0 Å². The van der Waals surface area contributed by atoms with Crippen molar-refractivity contribution < 1.29 is 8.42 Å². The van der Waals surface area contributed by atoms with Crippen LogP contribution in [0.5, 0.6) is 0 Å². The van der Waals surface area contributed by atoms with Crippen LogP contribution >= 0.6 is 0 Å². The molecule has 0 amide bonds. The molecule has 0 saturated carbocycles. The minimum absolute atomic E-state index is 0.207. The Morgan fingerprint density at radius 3 is 2.60 bits per heavy atom. The summed E-state index contributed by atoms with van der Waals surface area (Å²) >= 11 is 0. The molecule has 1 aliphatic heterocycles. The molecule has 3 nitrogen and oxygen atoms in total. The highest BCUT2D eigenvalue weighted by Crippen LogP contribution is 2.22. The predicted molar refractivity (Wildman–Crippen MR) is 60.7 cm³/mol. The van der Waals surface area contributed by atoms with Gasteiger partial charge in [0, 0.05) is 25.0 Å². The molecule has 4 heteroatoms. The summed E-state index contributed by atoms with van der Waals surface area (Å²) in [5.74, 6) is 0. The Bertz CT molecular complexity index is 427. The van der Waals surface area contributed by atoms with Crippen LogP contribution in [-0.2, 0) is 9.84 Å². The summed E-state index contributed by atoms with van der Waals surface area (Å²) in [5.41, 5.74) is 1.08. The zero-order chi connectivity index (χ0) is 10.9. The molecule has 1 unspecified atom stereocenters. The Balaban J connectivity index is 2.12. The second kappa shape index (κ2) is 3.85. The molecular formula is C11H14NO2S. The van der Waals surface area contributed by atoms with E-state index in [1.807, 2.05) is 24.3 Å². The van der Waals surface area contributed by atoms with Crippen LogP contribution in [0.15, 0.2) is 24.3 Å². The molecule has 1 aromatic carbocycles. The summed E-state index contributed by atoms with van der Waals surface area (Å²) in [7, 11) is -2.89. The van der Waals surface area contributed by atoms with Crippen molar-refractivity contribution in [2.45, 2.75) is 11.7 Å². The van der Waals surface area contributed by atoms with Crippen LogP contribution in [0.25, 0.3) is 0 Å². The lowest BCUT2D eigenvalue weighted by atomic mass is 10.3. The third kappa shape index (κ3) is 2.31. The first kappa shape index (κ1) is 10.5. The van der Waals surface area contributed by atoms with Crippen molar-refractivity contribution >= 4 is 15.5 Å². The summed E-state index contributed by atoms with van der Waals surface area (Å²) in [6, 6.07) is 10.6. The molecule has 1 fully saturated rings. The van der Waals surface area contributed by atoms with Gasteiger partial charge in [-0.1, -0.05) is 12.1 Å². The number of benzene rings is 1. The minimum Gasteiger partial charge on any atom is -0.370 e. The van der Waals surface area contributed by atoms with Crippen molar-refractivity contribution in [3.63, 3.8) is 0 Å². The quantitative estimate of drug-likeness (QED) is 0.755. The van der Waals surface area contributed by atoms with E-state index >= 15 is 0 Å². The lowest BCUT2D eigenvalue weighted by Gasteiger charge is -2.17. The van der Waals surface area contributed by atoms with Gasteiger partial charge in [-0.05, 0) is 24.6 Å². The molecule has 0 N–H and O–H groups in total. The first-order chi connectivity index (χ1) is 7.07. The van der Waals surface area contributed by atoms with Crippen LogP contribution < -0.4 is 4.90 Å². The van der Waals surface area contributed by atoms with E-state index in [0.717, 1.165) is 18.7 Å². The molecule has 0 aliphatic carbocycles. The summed E-state index contributed by atoms with van der Waals surface area (Å²) in [5, 5.41) is -0.207. The highest BCUT2D eigenvalue weighted by molar-refractivity contribution is 7.91. The number of sulfone groups is 1. The van der Waals surface area contributed by atoms with Crippen molar-refractivity contribution in [1.82, 2.24) is 0 Å². The summed E-state index contributed by atoms with van der Waals surface area (Å²) in [6.07, 6.45) is 2.05. The smallest absolute Gasteiger partial charge is 0.152 e. The van der Waals surface area contributed by atoms with Crippen molar-refractivity contribution in [2.24, 2.45) is 0 Å². The zero-order valence-electron chi connectivity index (χ0n) is 8.68. The SMILES string of the molecule is CS(=O)(=O)C1CCN(c2cc[c]cc2)C1. The van der Waals surface area contributed by atoms with Gasteiger partial charge in [-0.2, -0.15) is 0 Å². The maximum absolute atomic E-state index is 11.4. The predicted octanol–water partition coefficient (Wildman–Crippen LogP) is 1.11. The average Bonchev–Trinajstić information content (AvgIpc) is 2.67. The van der Waals surface area contributed by atoms with E-state index in [1.165, 1.54) is 6.26 Å². The second-order valence-electron chi connectivity index (χ2n) is 3.94. The topological polar surface area (TPSA) is 37.4 Å². The summed E-state index contributed by atoms with van der Waals surface area (Å²) in [4.78, 5) is 2.11. The summed E-state index contributed by atoms with van der Waals surface area (Å²) in [6.45, 7) is 1.44. The van der Waals surface area contributed by atoms with Gasteiger partial charge in [0.05, 0.1) is 5.25 Å². The highest BCUT2D eigenvalue weighted by Gasteiger charge is 2.29. The fourth-order valence-electron chi connectivity index (χ4n) is 1.90. The third-order valence-electron chi connectivity index (χ3n) is 2.82. The van der Waals surface area contributed by atoms with Crippen LogP contribution in [0.1, 0.15) is 6.42 Å². The number of hydrogen-bond donors (Lipinski definition) is 0. The molecule has 1 aromatic rings. The normalized spacial score (nSPS) is 21.9. The Kier molecular flexibility index (Phi) is 2.69. The van der Waals surface area contributed by atoms with E-state index in [0.29, 0.717) is 6.54 Å². The first-order valence-corrected chi connectivity index (χ1v) is 6.93. The molecule has 1 heterocycles. The molecule has 0 aromatic heterocycles. The van der Waals surface area contributed by atoms with Gasteiger partial charge in [-0.3, -0.25) is 0 Å². The fourth-order valence-corrected chi connectivity index (χ4v) is 2.89. The Labute approximate surface area is 90.6 Å². The van der Waals surface area contributed by atoms with Gasteiger partial charge in [0.25, 0.3) is 0 Å². The molecular weight excluding hydrogens is 210 g/mol. The maximum atomic E-state index is 11.4. The first-order valence-electron chi connectivity index (χ1n) is 4.97. The van der Waals surface area contributed by atoms with Gasteiger partial charge in [0.15, 0.2) is 9.84 Å². The minimum atomic E-state index is -2.89. The van der Waals surface area contributed by atoms with Crippen LogP contribution in [0.2, 0.25) is 0 Å². The van der Waals surface area contributed by atoms with Gasteiger partial charge in [0.2, 0.25) is 0 Å². The van der Waals surface area contributed by atoms with Crippen molar-refractivity contribution in [3.8, 4) is 0 Å². The van der Waals surface area contributed by atoms with Gasteiger partial charge in [0.1, 0.15) is 0 Å². The van der Waals surface area contributed by atoms with Crippen molar-refractivity contribution in [2.75, 3.05) is 24.2 Å². The van der Waals surface area contributed by atoms with Crippen molar-refractivity contribution in [3.05, 3.63) is 30.3 Å². The monoisotopic (exact) mass is 224 g/mol. The number of anilines is 1. The third-order valence-corrected chi connectivity index (χ3v) is 4.41. The average molecular weight is 224 g/mol. The Hall–Kier alpha value is -1.03. The van der Waals surface area contributed by atoms with Gasteiger partial charge in [-0.15, -0.1) is 0 Å². The van der Waals surface area contributed by atoms with Crippen LogP contribution in [0.4, 0.5) is 5.69 Å². The molecule has 1 radical (unpaired) electrons. The van der Waals surface area contributed by atoms with E-state index in [2.05, 4.69) is 11.0 Å². The van der Waals surface area contributed by atoms with E-state index in [-0.39, 0.29) is 5.25 Å². The zero-order valence-corrected chi connectivity index (χ0v) is 9.50. The molecule has 0 bridgehead atoms. The van der Waals surface area contributed by atoms with E-state index in [9.17, 15) is 8.42 Å². The lowest BCUT2D eigenvalue weighted by Crippen LogP contribution is -2.25. The molecule has 15 heavy (non-hydrogen) atoms. The molecule has 81 valence electrons. The summed E-state index contributed by atoms with van der Waals surface area (Å²) < 4.78 is 22.8. The number of rotatable bonds is 2. The molecule has 0 spiro atoms. The Morgan fingerprint density at radius 2 is 2.07 bits per heavy atom. The van der Waals surface area contributed by atoms with Gasteiger partial charge >= 0.3 is 0 Å². The van der Waals surface area contributed by atoms with Crippen molar-refractivity contribution in [1.29, 1.82) is 0 Å².